The maximum atomic E-state index is 12.2. The zero-order chi connectivity index (χ0) is 16.3. The van der Waals surface area contributed by atoms with Crippen LogP contribution in [0.3, 0.4) is 0 Å². The number of carbonyl (C=O) groups is 1. The standard InChI is InChI=1S/C14H16N4O3S/c1-7-5-4-6-10(8(7)2)15-11(19)9(3)22-13-12(20)16-14(21)18-17-13/h4-6,9H,1-3H3,(H,15,19)(H2,16,18,20,21)/t9-/m1/s1. The molecular weight excluding hydrogens is 304 g/mol. The molecular formula is C14H16N4O3S. The Morgan fingerprint density at radius 3 is 2.73 bits per heavy atom. The van der Waals surface area contributed by atoms with E-state index in [0.717, 1.165) is 28.6 Å². The number of hydrogen-bond acceptors (Lipinski definition) is 5. The first-order valence-corrected chi connectivity index (χ1v) is 7.49. The van der Waals surface area contributed by atoms with Crippen LogP contribution >= 0.6 is 11.8 Å². The first-order chi connectivity index (χ1) is 10.4. The predicted octanol–water partition coefficient (Wildman–Crippen LogP) is 1.19. The van der Waals surface area contributed by atoms with Crippen LogP contribution < -0.4 is 16.6 Å². The lowest BCUT2D eigenvalue weighted by atomic mass is 10.1. The maximum Gasteiger partial charge on any atom is 0.342 e. The molecule has 0 fully saturated rings. The molecule has 1 amide bonds. The van der Waals surface area contributed by atoms with E-state index >= 15 is 0 Å². The number of nitrogens with zero attached hydrogens (tertiary/aromatic N) is 1. The topological polar surface area (TPSA) is 108 Å². The average Bonchev–Trinajstić information content (AvgIpc) is 2.46. The molecule has 0 radical (unpaired) electrons. The summed E-state index contributed by atoms with van der Waals surface area (Å²) in [4.78, 5) is 36.8. The summed E-state index contributed by atoms with van der Waals surface area (Å²) in [5.41, 5.74) is 1.52. The van der Waals surface area contributed by atoms with Crippen LogP contribution in [-0.4, -0.2) is 26.3 Å². The zero-order valence-corrected chi connectivity index (χ0v) is 13.2. The molecule has 3 N–H and O–H groups in total. The van der Waals surface area contributed by atoms with E-state index in [-0.39, 0.29) is 10.9 Å². The van der Waals surface area contributed by atoms with Crippen molar-refractivity contribution in [2.45, 2.75) is 31.0 Å². The van der Waals surface area contributed by atoms with Crippen LogP contribution in [0, 0.1) is 13.8 Å². The van der Waals surface area contributed by atoms with E-state index in [1.807, 2.05) is 32.0 Å². The normalized spacial score (nSPS) is 12.0. The summed E-state index contributed by atoms with van der Waals surface area (Å²) in [5, 5.41) is 8.11. The van der Waals surface area contributed by atoms with Gasteiger partial charge in [-0.1, -0.05) is 23.9 Å². The molecule has 1 aromatic heterocycles. The van der Waals surface area contributed by atoms with Crippen LogP contribution in [0.25, 0.3) is 0 Å². The van der Waals surface area contributed by atoms with Crippen molar-refractivity contribution in [1.29, 1.82) is 0 Å². The molecule has 1 heterocycles. The van der Waals surface area contributed by atoms with Crippen molar-refractivity contribution in [2.24, 2.45) is 0 Å². The molecule has 0 aliphatic rings. The lowest BCUT2D eigenvalue weighted by molar-refractivity contribution is -0.115. The van der Waals surface area contributed by atoms with E-state index in [4.69, 9.17) is 0 Å². The van der Waals surface area contributed by atoms with Gasteiger partial charge >= 0.3 is 5.69 Å². The van der Waals surface area contributed by atoms with Crippen LogP contribution in [0.4, 0.5) is 5.69 Å². The number of aryl methyl sites for hydroxylation is 1. The van der Waals surface area contributed by atoms with Gasteiger partial charge in [0.25, 0.3) is 5.56 Å². The van der Waals surface area contributed by atoms with Gasteiger partial charge in [0, 0.05) is 5.69 Å². The van der Waals surface area contributed by atoms with Gasteiger partial charge < -0.3 is 5.32 Å². The third-order valence-corrected chi connectivity index (χ3v) is 4.27. The van der Waals surface area contributed by atoms with Crippen molar-refractivity contribution in [3.05, 3.63) is 50.2 Å². The van der Waals surface area contributed by atoms with Crippen molar-refractivity contribution in [3.8, 4) is 0 Å². The molecule has 0 bridgehead atoms. The van der Waals surface area contributed by atoms with Gasteiger partial charge in [-0.2, -0.15) is 5.10 Å². The Hall–Kier alpha value is -2.35. The Balaban J connectivity index is 2.11. The molecule has 1 aromatic carbocycles. The molecule has 22 heavy (non-hydrogen) atoms. The van der Waals surface area contributed by atoms with Crippen molar-refractivity contribution in [2.75, 3.05) is 5.32 Å². The summed E-state index contributed by atoms with van der Waals surface area (Å²) in [7, 11) is 0. The molecule has 0 saturated heterocycles. The van der Waals surface area contributed by atoms with Crippen molar-refractivity contribution < 1.29 is 4.79 Å². The Morgan fingerprint density at radius 2 is 2.05 bits per heavy atom. The molecule has 8 heteroatoms. The number of carbonyl (C=O) groups excluding carboxylic acids is 1. The second kappa shape index (κ2) is 6.61. The van der Waals surface area contributed by atoms with E-state index in [1.54, 1.807) is 6.92 Å². The lowest BCUT2D eigenvalue weighted by Gasteiger charge is -2.13. The smallest absolute Gasteiger partial charge is 0.325 e. The highest BCUT2D eigenvalue weighted by atomic mass is 32.2. The number of rotatable bonds is 4. The number of aromatic amines is 2. The third-order valence-electron chi connectivity index (χ3n) is 3.20. The average molecular weight is 320 g/mol. The number of hydrogen-bond donors (Lipinski definition) is 3. The molecule has 2 rings (SSSR count). The quantitative estimate of drug-likeness (QED) is 0.734. The van der Waals surface area contributed by atoms with Gasteiger partial charge in [-0.15, -0.1) is 0 Å². The lowest BCUT2D eigenvalue weighted by Crippen LogP contribution is -2.28. The third kappa shape index (κ3) is 3.64. The second-order valence-corrected chi connectivity index (χ2v) is 6.14. The Labute approximate surface area is 130 Å². The van der Waals surface area contributed by atoms with E-state index in [2.05, 4.69) is 20.5 Å². The molecule has 0 spiro atoms. The number of nitrogens with one attached hydrogen (secondary N) is 3. The highest BCUT2D eigenvalue weighted by Gasteiger charge is 2.18. The van der Waals surface area contributed by atoms with Gasteiger partial charge in [0.1, 0.15) is 0 Å². The highest BCUT2D eigenvalue weighted by molar-refractivity contribution is 8.00. The van der Waals surface area contributed by atoms with Gasteiger partial charge in [-0.05, 0) is 38.0 Å². The molecule has 7 nitrogen and oxygen atoms in total. The number of anilines is 1. The van der Waals surface area contributed by atoms with Crippen LogP contribution in [-0.2, 0) is 4.79 Å². The van der Waals surface area contributed by atoms with Crippen molar-refractivity contribution in [1.82, 2.24) is 15.2 Å². The second-order valence-electron chi connectivity index (χ2n) is 4.81. The number of benzene rings is 1. The summed E-state index contributed by atoms with van der Waals surface area (Å²) in [6.45, 7) is 5.56. The zero-order valence-electron chi connectivity index (χ0n) is 12.4. The molecule has 1 atom stereocenters. The number of thioether (sulfide) groups is 1. The number of aromatic nitrogens is 3. The van der Waals surface area contributed by atoms with Crippen LogP contribution in [0.5, 0.6) is 0 Å². The van der Waals surface area contributed by atoms with Crippen LogP contribution in [0.2, 0.25) is 0 Å². The van der Waals surface area contributed by atoms with Gasteiger partial charge in [0.05, 0.1) is 5.25 Å². The fraction of sp³-hybridized carbons (Fsp3) is 0.286. The summed E-state index contributed by atoms with van der Waals surface area (Å²) in [6.07, 6.45) is 0. The van der Waals surface area contributed by atoms with E-state index in [9.17, 15) is 14.4 Å². The molecule has 0 unspecified atom stereocenters. The largest absolute Gasteiger partial charge is 0.342 e. The molecule has 0 aliphatic heterocycles. The van der Waals surface area contributed by atoms with Gasteiger partial charge in [0.2, 0.25) is 5.91 Å². The number of H-pyrrole nitrogens is 2. The van der Waals surface area contributed by atoms with Crippen molar-refractivity contribution >= 4 is 23.4 Å². The highest BCUT2D eigenvalue weighted by Crippen LogP contribution is 2.21. The summed E-state index contributed by atoms with van der Waals surface area (Å²) >= 11 is 0.979. The Bertz CT molecular complexity index is 812. The summed E-state index contributed by atoms with van der Waals surface area (Å²) < 4.78 is 0. The maximum absolute atomic E-state index is 12.2. The monoisotopic (exact) mass is 320 g/mol. The van der Waals surface area contributed by atoms with E-state index in [1.165, 1.54) is 0 Å². The minimum atomic E-state index is -0.679. The minimum Gasteiger partial charge on any atom is -0.325 e. The van der Waals surface area contributed by atoms with Crippen molar-refractivity contribution in [3.63, 3.8) is 0 Å². The first kappa shape index (κ1) is 16.0. The molecule has 116 valence electrons. The van der Waals surface area contributed by atoms with Crippen LogP contribution in [0.1, 0.15) is 18.1 Å². The molecule has 2 aromatic rings. The predicted molar refractivity (Wildman–Crippen MR) is 85.3 cm³/mol. The molecule has 0 saturated carbocycles. The Kier molecular flexibility index (Phi) is 4.81. The van der Waals surface area contributed by atoms with E-state index in [0.29, 0.717) is 0 Å². The summed E-state index contributed by atoms with van der Waals surface area (Å²) in [6, 6.07) is 5.65. The molecule has 0 aliphatic carbocycles. The number of amides is 1. The van der Waals surface area contributed by atoms with Crippen LogP contribution in [0.15, 0.2) is 32.8 Å². The van der Waals surface area contributed by atoms with Gasteiger partial charge in [-0.3, -0.25) is 14.6 Å². The van der Waals surface area contributed by atoms with E-state index < -0.39 is 16.5 Å². The van der Waals surface area contributed by atoms with Gasteiger partial charge in [0.15, 0.2) is 5.03 Å². The minimum absolute atomic E-state index is 0.0446. The SMILES string of the molecule is Cc1cccc(NC(=O)[C@@H](C)Sc2n[nH]c(=O)[nH]c2=O)c1C. The first-order valence-electron chi connectivity index (χ1n) is 6.61. The fourth-order valence-corrected chi connectivity index (χ4v) is 2.52. The fourth-order valence-electron chi connectivity index (χ4n) is 1.76. The van der Waals surface area contributed by atoms with Gasteiger partial charge in [-0.25, -0.2) is 9.89 Å². The summed E-state index contributed by atoms with van der Waals surface area (Å²) in [5.74, 6) is -0.244. The Morgan fingerprint density at radius 1 is 1.32 bits per heavy atom.